The number of carbonyl (C=O) groups is 2. The smallest absolute Gasteiger partial charge is 0.234 e. The molecule has 0 aliphatic heterocycles. The van der Waals surface area contributed by atoms with Crippen LogP contribution in [0.15, 0.2) is 28.6 Å². The minimum Gasteiger partial charge on any atom is -0.323 e. The van der Waals surface area contributed by atoms with E-state index in [1.165, 1.54) is 30.4 Å². The number of amides is 2. The molecular weight excluding hydrogens is 315 g/mol. The second-order valence-corrected chi connectivity index (χ2v) is 6.07. The fourth-order valence-corrected chi connectivity index (χ4v) is 2.94. The fourth-order valence-electron chi connectivity index (χ4n) is 1.35. The molecule has 21 heavy (non-hydrogen) atoms. The Labute approximate surface area is 128 Å². The van der Waals surface area contributed by atoms with Crippen molar-refractivity contribution in [1.29, 1.82) is 0 Å². The standard InChI is InChI=1S/C12H11FN4O2S2/c1-7(18)14-11-16-17-12(21-11)20-6-10(19)15-9-5-3-2-4-8(9)13/h2-5H,6H2,1H3,(H,15,19)(H,14,16,18). The van der Waals surface area contributed by atoms with Crippen molar-refractivity contribution in [1.82, 2.24) is 10.2 Å². The Hall–Kier alpha value is -2.00. The van der Waals surface area contributed by atoms with E-state index in [0.717, 1.165) is 11.8 Å². The molecule has 6 nitrogen and oxygen atoms in total. The lowest BCUT2D eigenvalue weighted by atomic mass is 10.3. The van der Waals surface area contributed by atoms with E-state index in [0.29, 0.717) is 9.47 Å². The van der Waals surface area contributed by atoms with E-state index in [4.69, 9.17) is 0 Å². The van der Waals surface area contributed by atoms with Gasteiger partial charge in [0.15, 0.2) is 4.34 Å². The summed E-state index contributed by atoms with van der Waals surface area (Å²) in [7, 11) is 0. The number of aromatic nitrogens is 2. The third kappa shape index (κ3) is 4.80. The first-order valence-electron chi connectivity index (χ1n) is 5.83. The van der Waals surface area contributed by atoms with Gasteiger partial charge in [-0.2, -0.15) is 0 Å². The van der Waals surface area contributed by atoms with Gasteiger partial charge in [0.05, 0.1) is 11.4 Å². The van der Waals surface area contributed by atoms with Crippen molar-refractivity contribution in [3.05, 3.63) is 30.1 Å². The molecule has 0 atom stereocenters. The van der Waals surface area contributed by atoms with Gasteiger partial charge in [-0.05, 0) is 12.1 Å². The highest BCUT2D eigenvalue weighted by Crippen LogP contribution is 2.25. The molecule has 110 valence electrons. The second kappa shape index (κ2) is 7.14. The number of benzene rings is 1. The van der Waals surface area contributed by atoms with Gasteiger partial charge < -0.3 is 10.6 Å². The summed E-state index contributed by atoms with van der Waals surface area (Å²) in [5, 5.41) is 12.9. The van der Waals surface area contributed by atoms with E-state index in [2.05, 4.69) is 20.8 Å². The zero-order chi connectivity index (χ0) is 15.2. The third-order valence-corrected chi connectivity index (χ3v) is 4.14. The quantitative estimate of drug-likeness (QED) is 0.651. The molecule has 1 aromatic heterocycles. The Bertz CT molecular complexity index is 662. The van der Waals surface area contributed by atoms with Crippen LogP contribution in [-0.2, 0) is 9.59 Å². The lowest BCUT2D eigenvalue weighted by Gasteiger charge is -2.04. The molecule has 1 aromatic carbocycles. The maximum atomic E-state index is 13.4. The molecule has 0 bridgehead atoms. The summed E-state index contributed by atoms with van der Waals surface area (Å²) in [6.07, 6.45) is 0. The van der Waals surface area contributed by atoms with Crippen LogP contribution in [0.4, 0.5) is 15.2 Å². The molecular formula is C12H11FN4O2S2. The van der Waals surface area contributed by atoms with Crippen molar-refractivity contribution in [3.8, 4) is 0 Å². The highest BCUT2D eigenvalue weighted by molar-refractivity contribution is 8.01. The van der Waals surface area contributed by atoms with Gasteiger partial charge in [-0.25, -0.2) is 4.39 Å². The number of hydrogen-bond acceptors (Lipinski definition) is 6. The second-order valence-electron chi connectivity index (χ2n) is 3.87. The van der Waals surface area contributed by atoms with E-state index >= 15 is 0 Å². The van der Waals surface area contributed by atoms with Crippen LogP contribution in [0.5, 0.6) is 0 Å². The van der Waals surface area contributed by atoms with Crippen molar-refractivity contribution >= 4 is 45.7 Å². The molecule has 0 radical (unpaired) electrons. The molecule has 1 heterocycles. The number of anilines is 2. The Morgan fingerprint density at radius 2 is 2.05 bits per heavy atom. The largest absolute Gasteiger partial charge is 0.323 e. The molecule has 2 amide bonds. The Morgan fingerprint density at radius 3 is 2.76 bits per heavy atom. The highest BCUT2D eigenvalue weighted by Gasteiger charge is 2.10. The molecule has 0 unspecified atom stereocenters. The van der Waals surface area contributed by atoms with E-state index in [1.54, 1.807) is 12.1 Å². The van der Waals surface area contributed by atoms with Gasteiger partial charge >= 0.3 is 0 Å². The van der Waals surface area contributed by atoms with Gasteiger partial charge in [0, 0.05) is 6.92 Å². The summed E-state index contributed by atoms with van der Waals surface area (Å²) in [6.45, 7) is 1.37. The minimum absolute atomic E-state index is 0.0725. The van der Waals surface area contributed by atoms with E-state index in [9.17, 15) is 14.0 Å². The van der Waals surface area contributed by atoms with Gasteiger partial charge in [0.2, 0.25) is 16.9 Å². The van der Waals surface area contributed by atoms with Crippen LogP contribution in [0.3, 0.4) is 0 Å². The lowest BCUT2D eigenvalue weighted by Crippen LogP contribution is -2.14. The SMILES string of the molecule is CC(=O)Nc1nnc(SCC(=O)Nc2ccccc2F)s1. The van der Waals surface area contributed by atoms with Crippen LogP contribution in [-0.4, -0.2) is 27.8 Å². The molecule has 0 aliphatic carbocycles. The van der Waals surface area contributed by atoms with Gasteiger partial charge in [-0.15, -0.1) is 10.2 Å². The van der Waals surface area contributed by atoms with Gasteiger partial charge in [-0.3, -0.25) is 9.59 Å². The number of thioether (sulfide) groups is 1. The molecule has 0 spiro atoms. The number of para-hydroxylation sites is 1. The number of nitrogens with zero attached hydrogens (tertiary/aromatic N) is 2. The number of rotatable bonds is 5. The molecule has 2 N–H and O–H groups in total. The molecule has 0 fully saturated rings. The molecule has 9 heteroatoms. The van der Waals surface area contributed by atoms with Crippen LogP contribution in [0.2, 0.25) is 0 Å². The zero-order valence-corrected chi connectivity index (χ0v) is 12.6. The van der Waals surface area contributed by atoms with E-state index in [-0.39, 0.29) is 23.3 Å². The predicted octanol–water partition coefficient (Wildman–Crippen LogP) is 2.37. The summed E-state index contributed by atoms with van der Waals surface area (Å²) < 4.78 is 13.9. The third-order valence-electron chi connectivity index (χ3n) is 2.16. The average Bonchev–Trinajstić information content (AvgIpc) is 2.86. The van der Waals surface area contributed by atoms with E-state index in [1.807, 2.05) is 0 Å². The van der Waals surface area contributed by atoms with E-state index < -0.39 is 5.82 Å². The predicted molar refractivity (Wildman–Crippen MR) is 80.0 cm³/mol. The highest BCUT2D eigenvalue weighted by atomic mass is 32.2. The summed E-state index contributed by atoms with van der Waals surface area (Å²) >= 11 is 2.33. The number of hydrogen-bond donors (Lipinski definition) is 2. The topological polar surface area (TPSA) is 84.0 Å². The van der Waals surface area contributed by atoms with Crippen molar-refractivity contribution in [2.45, 2.75) is 11.3 Å². The minimum atomic E-state index is -0.486. The summed E-state index contributed by atoms with van der Waals surface area (Å²) in [6, 6.07) is 5.94. The first-order chi connectivity index (χ1) is 10.0. The van der Waals surface area contributed by atoms with Crippen LogP contribution < -0.4 is 10.6 Å². The van der Waals surface area contributed by atoms with Crippen molar-refractivity contribution in [3.63, 3.8) is 0 Å². The molecule has 0 saturated heterocycles. The summed E-state index contributed by atoms with van der Waals surface area (Å²) in [5.41, 5.74) is 0.138. The molecule has 2 aromatic rings. The number of carbonyl (C=O) groups excluding carboxylic acids is 2. The summed E-state index contributed by atoms with van der Waals surface area (Å²) in [4.78, 5) is 22.6. The fraction of sp³-hybridized carbons (Fsp3) is 0.167. The first kappa shape index (κ1) is 15.4. The maximum absolute atomic E-state index is 13.4. The normalized spacial score (nSPS) is 10.2. The first-order valence-corrected chi connectivity index (χ1v) is 7.63. The lowest BCUT2D eigenvalue weighted by molar-refractivity contribution is -0.114. The van der Waals surface area contributed by atoms with Gasteiger partial charge in [-0.1, -0.05) is 35.2 Å². The van der Waals surface area contributed by atoms with Crippen LogP contribution in [0, 0.1) is 5.82 Å². The molecule has 0 saturated carbocycles. The van der Waals surface area contributed by atoms with Crippen molar-refractivity contribution < 1.29 is 14.0 Å². The average molecular weight is 326 g/mol. The van der Waals surface area contributed by atoms with Crippen molar-refractivity contribution in [2.24, 2.45) is 0 Å². The van der Waals surface area contributed by atoms with Crippen LogP contribution in [0.1, 0.15) is 6.92 Å². The summed E-state index contributed by atoms with van der Waals surface area (Å²) in [5.74, 6) is -0.996. The zero-order valence-electron chi connectivity index (χ0n) is 10.9. The monoisotopic (exact) mass is 326 g/mol. The van der Waals surface area contributed by atoms with Crippen LogP contribution in [0.25, 0.3) is 0 Å². The number of halogens is 1. The van der Waals surface area contributed by atoms with Gasteiger partial charge in [0.25, 0.3) is 0 Å². The Morgan fingerprint density at radius 1 is 1.29 bits per heavy atom. The Balaban J connectivity index is 1.85. The number of nitrogens with one attached hydrogen (secondary N) is 2. The molecule has 2 rings (SSSR count). The van der Waals surface area contributed by atoms with Crippen molar-refractivity contribution in [2.75, 3.05) is 16.4 Å². The van der Waals surface area contributed by atoms with Gasteiger partial charge in [0.1, 0.15) is 5.82 Å². The molecule has 0 aliphatic rings. The maximum Gasteiger partial charge on any atom is 0.234 e. The Kier molecular flexibility index (Phi) is 5.23. The van der Waals surface area contributed by atoms with Crippen LogP contribution >= 0.6 is 23.1 Å².